The molecule has 22 heavy (non-hydrogen) atoms. The van der Waals surface area contributed by atoms with Gasteiger partial charge in [-0.25, -0.2) is 4.79 Å². The zero-order valence-corrected chi connectivity index (χ0v) is 14.6. The molecular formula is C16H21BrN2O3. The van der Waals surface area contributed by atoms with E-state index in [2.05, 4.69) is 21.1 Å². The van der Waals surface area contributed by atoms with Crippen molar-refractivity contribution in [2.75, 3.05) is 6.61 Å². The van der Waals surface area contributed by atoms with Crippen molar-refractivity contribution in [3.63, 3.8) is 0 Å². The van der Waals surface area contributed by atoms with Gasteiger partial charge in [0.05, 0.1) is 12.3 Å². The van der Waals surface area contributed by atoms with E-state index < -0.39 is 11.6 Å². The lowest BCUT2D eigenvalue weighted by Crippen LogP contribution is -2.41. The van der Waals surface area contributed by atoms with Crippen LogP contribution < -0.4 is 5.73 Å². The van der Waals surface area contributed by atoms with Crippen LogP contribution in [0.2, 0.25) is 0 Å². The minimum Gasteiger partial charge on any atom is -0.463 e. The highest BCUT2D eigenvalue weighted by molar-refractivity contribution is 9.10. The highest BCUT2D eigenvalue weighted by Crippen LogP contribution is 2.38. The van der Waals surface area contributed by atoms with Crippen molar-refractivity contribution in [2.24, 2.45) is 16.8 Å². The maximum atomic E-state index is 12.5. The van der Waals surface area contributed by atoms with E-state index in [9.17, 15) is 4.79 Å². The molecule has 1 aliphatic rings. The van der Waals surface area contributed by atoms with Crippen molar-refractivity contribution in [3.8, 4) is 0 Å². The number of hydrogen-bond donors (Lipinski definition) is 1. The van der Waals surface area contributed by atoms with Gasteiger partial charge in [0.25, 0.3) is 5.60 Å². The van der Waals surface area contributed by atoms with Crippen LogP contribution in [-0.4, -0.2) is 24.3 Å². The summed E-state index contributed by atoms with van der Waals surface area (Å²) in [5.41, 5.74) is 6.31. The summed E-state index contributed by atoms with van der Waals surface area (Å²) in [6.45, 7) is 6.07. The van der Waals surface area contributed by atoms with Gasteiger partial charge in [-0.1, -0.05) is 47.1 Å². The van der Waals surface area contributed by atoms with Crippen LogP contribution in [0, 0.1) is 5.92 Å². The Kier molecular flexibility index (Phi) is 5.24. The summed E-state index contributed by atoms with van der Waals surface area (Å²) in [6.07, 6.45) is 0.312. The molecule has 5 nitrogen and oxygen atoms in total. The SMILES string of the molecule is CCOC(=O)C1(c2ccc(Br)cc2)CC([C@@H](N)C(C)C)=NO1. The molecule has 0 spiro atoms. The van der Waals surface area contributed by atoms with E-state index >= 15 is 0 Å². The summed E-state index contributed by atoms with van der Waals surface area (Å²) in [6, 6.07) is 7.15. The van der Waals surface area contributed by atoms with Crippen LogP contribution in [0.4, 0.5) is 0 Å². The van der Waals surface area contributed by atoms with Gasteiger partial charge in [0.15, 0.2) is 0 Å². The van der Waals surface area contributed by atoms with Gasteiger partial charge in [-0.05, 0) is 25.0 Å². The van der Waals surface area contributed by atoms with Crippen LogP contribution in [0.5, 0.6) is 0 Å². The van der Waals surface area contributed by atoms with Crippen LogP contribution in [0.1, 0.15) is 32.8 Å². The highest BCUT2D eigenvalue weighted by Gasteiger charge is 2.50. The fourth-order valence-corrected chi connectivity index (χ4v) is 2.63. The molecule has 0 aliphatic carbocycles. The topological polar surface area (TPSA) is 73.9 Å². The molecule has 120 valence electrons. The Hall–Kier alpha value is -1.40. The van der Waals surface area contributed by atoms with Gasteiger partial charge in [-0.3, -0.25) is 0 Å². The molecule has 2 atom stereocenters. The number of benzene rings is 1. The van der Waals surface area contributed by atoms with E-state index in [4.69, 9.17) is 15.3 Å². The third-order valence-electron chi connectivity index (χ3n) is 3.77. The Bertz CT molecular complexity index is 571. The first kappa shape index (κ1) is 17.0. The van der Waals surface area contributed by atoms with E-state index in [1.807, 2.05) is 38.1 Å². The number of oxime groups is 1. The average Bonchev–Trinajstić information content (AvgIpc) is 2.93. The Balaban J connectivity index is 2.34. The Morgan fingerprint density at radius 2 is 2.09 bits per heavy atom. The summed E-state index contributed by atoms with van der Waals surface area (Å²) in [4.78, 5) is 18.1. The normalized spacial score (nSPS) is 22.2. The first-order valence-corrected chi connectivity index (χ1v) is 8.13. The van der Waals surface area contributed by atoms with Crippen LogP contribution >= 0.6 is 15.9 Å². The number of halogens is 1. The summed E-state index contributed by atoms with van der Waals surface area (Å²) in [7, 11) is 0. The molecule has 1 aromatic rings. The molecule has 1 unspecified atom stereocenters. The van der Waals surface area contributed by atoms with Crippen molar-refractivity contribution in [3.05, 3.63) is 34.3 Å². The number of hydrogen-bond acceptors (Lipinski definition) is 5. The molecule has 1 aliphatic heterocycles. The van der Waals surface area contributed by atoms with Crippen molar-refractivity contribution in [2.45, 2.75) is 38.8 Å². The smallest absolute Gasteiger partial charge is 0.358 e. The summed E-state index contributed by atoms with van der Waals surface area (Å²) in [5, 5.41) is 4.09. The van der Waals surface area contributed by atoms with E-state index in [1.165, 1.54) is 0 Å². The van der Waals surface area contributed by atoms with Gasteiger partial charge in [0.2, 0.25) is 0 Å². The molecule has 0 radical (unpaired) electrons. The predicted molar refractivity (Wildman–Crippen MR) is 88.4 cm³/mol. The summed E-state index contributed by atoms with van der Waals surface area (Å²) < 4.78 is 6.14. The lowest BCUT2D eigenvalue weighted by molar-refractivity contribution is -0.170. The number of nitrogens with two attached hydrogens (primary N) is 1. The lowest BCUT2D eigenvalue weighted by atomic mass is 9.85. The third kappa shape index (κ3) is 3.17. The molecule has 0 aromatic heterocycles. The summed E-state index contributed by atoms with van der Waals surface area (Å²) in [5.74, 6) is -0.225. The second kappa shape index (κ2) is 6.79. The first-order chi connectivity index (χ1) is 10.4. The van der Waals surface area contributed by atoms with Crippen LogP contribution in [0.15, 0.2) is 33.9 Å². The van der Waals surface area contributed by atoms with Crippen LogP contribution in [0.3, 0.4) is 0 Å². The number of rotatable bonds is 5. The monoisotopic (exact) mass is 368 g/mol. The van der Waals surface area contributed by atoms with Crippen LogP contribution in [0.25, 0.3) is 0 Å². The van der Waals surface area contributed by atoms with Crippen LogP contribution in [-0.2, 0) is 20.0 Å². The minimum absolute atomic E-state index is 0.213. The molecule has 0 amide bonds. The molecule has 2 rings (SSSR count). The molecule has 0 bridgehead atoms. The fraction of sp³-hybridized carbons (Fsp3) is 0.500. The van der Waals surface area contributed by atoms with E-state index in [0.717, 1.165) is 4.47 Å². The maximum absolute atomic E-state index is 12.5. The third-order valence-corrected chi connectivity index (χ3v) is 4.30. The molecule has 0 saturated heterocycles. The Labute approximate surface area is 139 Å². The number of ether oxygens (including phenoxy) is 1. The first-order valence-electron chi connectivity index (χ1n) is 7.34. The van der Waals surface area contributed by atoms with E-state index in [0.29, 0.717) is 17.7 Å². The van der Waals surface area contributed by atoms with Crippen molar-refractivity contribution < 1.29 is 14.4 Å². The summed E-state index contributed by atoms with van der Waals surface area (Å²) >= 11 is 3.39. The average molecular weight is 369 g/mol. The Morgan fingerprint density at radius 3 is 2.64 bits per heavy atom. The minimum atomic E-state index is -1.24. The maximum Gasteiger partial charge on any atom is 0.358 e. The molecule has 1 aromatic carbocycles. The standard InChI is InChI=1S/C16H21BrN2O3/c1-4-21-15(20)16(11-5-7-12(17)8-6-11)9-13(19-22-16)14(18)10(2)3/h5-8,10,14H,4,9,18H2,1-3H3/t14-,16?/m0/s1. The van der Waals surface area contributed by atoms with Gasteiger partial charge < -0.3 is 15.3 Å². The number of carbonyl (C=O) groups is 1. The molecule has 0 fully saturated rings. The van der Waals surface area contributed by atoms with E-state index in [1.54, 1.807) is 6.92 Å². The second-order valence-corrected chi connectivity index (χ2v) is 6.59. The van der Waals surface area contributed by atoms with Gasteiger partial charge in [-0.2, -0.15) is 0 Å². The van der Waals surface area contributed by atoms with Gasteiger partial charge in [0, 0.05) is 22.5 Å². The van der Waals surface area contributed by atoms with Gasteiger partial charge >= 0.3 is 5.97 Å². The number of nitrogens with zero attached hydrogens (tertiary/aromatic N) is 1. The quantitative estimate of drug-likeness (QED) is 0.810. The second-order valence-electron chi connectivity index (χ2n) is 5.67. The van der Waals surface area contributed by atoms with Crippen molar-refractivity contribution in [1.29, 1.82) is 0 Å². The fourth-order valence-electron chi connectivity index (χ4n) is 2.37. The molecule has 2 N–H and O–H groups in total. The van der Waals surface area contributed by atoms with Crippen molar-refractivity contribution >= 4 is 27.6 Å². The largest absolute Gasteiger partial charge is 0.463 e. The zero-order valence-electron chi connectivity index (χ0n) is 13.0. The Morgan fingerprint density at radius 1 is 1.45 bits per heavy atom. The molecule has 1 heterocycles. The zero-order chi connectivity index (χ0) is 16.3. The molecular weight excluding hydrogens is 348 g/mol. The van der Waals surface area contributed by atoms with Gasteiger partial charge in [-0.15, -0.1) is 0 Å². The van der Waals surface area contributed by atoms with Gasteiger partial charge in [0.1, 0.15) is 0 Å². The number of esters is 1. The molecule has 0 saturated carbocycles. The van der Waals surface area contributed by atoms with Crippen molar-refractivity contribution in [1.82, 2.24) is 0 Å². The molecule has 6 heteroatoms. The highest BCUT2D eigenvalue weighted by atomic mass is 79.9. The van der Waals surface area contributed by atoms with E-state index in [-0.39, 0.29) is 18.6 Å². The number of carbonyl (C=O) groups excluding carboxylic acids is 1. The lowest BCUT2D eigenvalue weighted by Gasteiger charge is -2.25. The predicted octanol–water partition coefficient (Wildman–Crippen LogP) is 2.97.